The average Bonchev–Trinajstić information content (AvgIpc) is 2.75. The Balaban J connectivity index is 1.95. The van der Waals surface area contributed by atoms with Gasteiger partial charge in [0.1, 0.15) is 6.61 Å². The zero-order chi connectivity index (χ0) is 12.3. The molecule has 1 amide bonds. The number of benzene rings is 1. The largest absolute Gasteiger partial charge is 0.447 e. The van der Waals surface area contributed by atoms with Crippen molar-refractivity contribution in [2.75, 3.05) is 13.2 Å². The van der Waals surface area contributed by atoms with E-state index in [0.717, 1.165) is 10.5 Å². The molecule has 1 aromatic carbocycles. The number of rotatable bonds is 4. The Bertz CT molecular complexity index is 394. The lowest BCUT2D eigenvalue weighted by Gasteiger charge is -2.30. The molecule has 1 saturated heterocycles. The van der Waals surface area contributed by atoms with Gasteiger partial charge in [-0.15, -0.1) is 0 Å². The van der Waals surface area contributed by atoms with Crippen molar-refractivity contribution in [1.29, 1.82) is 0 Å². The van der Waals surface area contributed by atoms with E-state index in [-0.39, 0.29) is 19.7 Å². The van der Waals surface area contributed by atoms with Crippen LogP contribution in [-0.2, 0) is 11.3 Å². The highest BCUT2D eigenvalue weighted by molar-refractivity contribution is 5.69. The number of ether oxygens (including phenoxy) is 1. The zero-order valence-electron chi connectivity index (χ0n) is 9.17. The summed E-state index contributed by atoms with van der Waals surface area (Å²) in [5, 5.41) is 21.9. The van der Waals surface area contributed by atoms with Gasteiger partial charge < -0.3 is 14.9 Å². The predicted molar refractivity (Wildman–Crippen MR) is 58.5 cm³/mol. The highest BCUT2D eigenvalue weighted by atomic mass is 16.6. The van der Waals surface area contributed by atoms with Crippen LogP contribution in [-0.4, -0.2) is 40.4 Å². The van der Waals surface area contributed by atoms with Crippen LogP contribution in [0.25, 0.3) is 0 Å². The maximum absolute atomic E-state index is 11.2. The van der Waals surface area contributed by atoms with E-state index < -0.39 is 12.1 Å². The van der Waals surface area contributed by atoms with Crippen molar-refractivity contribution in [3.8, 4) is 0 Å². The van der Waals surface area contributed by atoms with Crippen molar-refractivity contribution in [1.82, 2.24) is 10.2 Å². The first-order valence-electron chi connectivity index (χ1n) is 5.28. The summed E-state index contributed by atoms with van der Waals surface area (Å²) in [5.41, 5.74) is 0.882. The van der Waals surface area contributed by atoms with Crippen molar-refractivity contribution in [2.24, 2.45) is 0 Å². The lowest BCUT2D eigenvalue weighted by molar-refractivity contribution is -0.264. The van der Waals surface area contributed by atoms with Gasteiger partial charge in [0, 0.05) is 6.54 Å². The normalized spacial score (nSPS) is 16.1. The summed E-state index contributed by atoms with van der Waals surface area (Å²) < 4.78 is 4.63. The SMILES string of the molecule is O=C1OCCN1C(O)(O)NCc1ccccc1. The Kier molecular flexibility index (Phi) is 3.28. The van der Waals surface area contributed by atoms with Crippen molar-refractivity contribution in [3.05, 3.63) is 35.9 Å². The van der Waals surface area contributed by atoms with Crippen LogP contribution < -0.4 is 5.32 Å². The second-order valence-corrected chi connectivity index (χ2v) is 3.74. The van der Waals surface area contributed by atoms with Crippen LogP contribution >= 0.6 is 0 Å². The molecule has 0 radical (unpaired) electrons. The van der Waals surface area contributed by atoms with Gasteiger partial charge in [-0.1, -0.05) is 30.3 Å². The third kappa shape index (κ3) is 2.73. The van der Waals surface area contributed by atoms with Gasteiger partial charge in [-0.3, -0.25) is 0 Å². The summed E-state index contributed by atoms with van der Waals surface area (Å²) in [6.45, 7) is 0.542. The minimum Gasteiger partial charge on any atom is -0.447 e. The summed E-state index contributed by atoms with van der Waals surface area (Å²) in [5.74, 6) is 0. The van der Waals surface area contributed by atoms with Gasteiger partial charge in [0.2, 0.25) is 0 Å². The molecule has 1 heterocycles. The first-order valence-corrected chi connectivity index (χ1v) is 5.28. The molecule has 92 valence electrons. The third-order valence-corrected chi connectivity index (χ3v) is 2.51. The average molecular weight is 238 g/mol. The molecule has 1 aliphatic heterocycles. The number of aliphatic hydroxyl groups is 2. The van der Waals surface area contributed by atoms with Crippen LogP contribution in [0.4, 0.5) is 4.79 Å². The molecule has 0 saturated carbocycles. The molecular weight excluding hydrogens is 224 g/mol. The predicted octanol–water partition coefficient (Wildman–Crippen LogP) is -0.176. The molecule has 6 heteroatoms. The Morgan fingerprint density at radius 2 is 2.06 bits per heavy atom. The summed E-state index contributed by atoms with van der Waals surface area (Å²) in [7, 11) is 0. The summed E-state index contributed by atoms with van der Waals surface area (Å²) in [6.07, 6.45) is -0.740. The van der Waals surface area contributed by atoms with E-state index in [1.807, 2.05) is 30.3 Å². The number of carbonyl (C=O) groups excluding carboxylic acids is 1. The minimum absolute atomic E-state index is 0.146. The number of nitrogens with one attached hydrogen (secondary N) is 1. The maximum Gasteiger partial charge on any atom is 0.415 e. The van der Waals surface area contributed by atoms with Gasteiger partial charge in [-0.2, -0.15) is 0 Å². The number of hydrogen-bond acceptors (Lipinski definition) is 5. The molecule has 3 N–H and O–H groups in total. The molecular formula is C11H14N2O4. The van der Waals surface area contributed by atoms with Crippen LogP contribution in [0.5, 0.6) is 0 Å². The van der Waals surface area contributed by atoms with E-state index in [2.05, 4.69) is 10.1 Å². The van der Waals surface area contributed by atoms with Gasteiger partial charge in [0.05, 0.1) is 6.54 Å². The van der Waals surface area contributed by atoms with Crippen LogP contribution in [0.15, 0.2) is 30.3 Å². The van der Waals surface area contributed by atoms with E-state index in [9.17, 15) is 15.0 Å². The first-order chi connectivity index (χ1) is 8.09. The van der Waals surface area contributed by atoms with Gasteiger partial charge in [0.25, 0.3) is 0 Å². The molecule has 2 rings (SSSR count). The lowest BCUT2D eigenvalue weighted by atomic mass is 10.2. The van der Waals surface area contributed by atoms with E-state index in [1.165, 1.54) is 0 Å². The summed E-state index contributed by atoms with van der Waals surface area (Å²) in [4.78, 5) is 12.0. The lowest BCUT2D eigenvalue weighted by Crippen LogP contribution is -2.59. The standard InChI is InChI=1S/C11H14N2O4/c14-10-13(6-7-17-10)11(15,16)12-8-9-4-2-1-3-5-9/h1-5,12,15-16H,6-8H2. The Morgan fingerprint density at radius 3 is 2.65 bits per heavy atom. The van der Waals surface area contributed by atoms with Gasteiger partial charge >= 0.3 is 12.1 Å². The van der Waals surface area contributed by atoms with E-state index >= 15 is 0 Å². The summed E-state index contributed by atoms with van der Waals surface area (Å²) >= 11 is 0. The molecule has 0 aliphatic carbocycles. The fraction of sp³-hybridized carbons (Fsp3) is 0.364. The molecule has 0 spiro atoms. The van der Waals surface area contributed by atoms with Gasteiger partial charge in [-0.25, -0.2) is 15.0 Å². The second kappa shape index (κ2) is 4.70. The third-order valence-electron chi connectivity index (χ3n) is 2.51. The Hall–Kier alpha value is -1.63. The molecule has 0 aromatic heterocycles. The number of nitrogens with zero attached hydrogens (tertiary/aromatic N) is 1. The van der Waals surface area contributed by atoms with Crippen LogP contribution in [0.2, 0.25) is 0 Å². The Labute approximate surface area is 98.4 Å². The molecule has 6 nitrogen and oxygen atoms in total. The van der Waals surface area contributed by atoms with Crippen molar-refractivity contribution in [3.63, 3.8) is 0 Å². The highest BCUT2D eigenvalue weighted by Gasteiger charge is 2.39. The molecule has 0 bridgehead atoms. The molecule has 0 atom stereocenters. The van der Waals surface area contributed by atoms with Gasteiger partial charge in [-0.05, 0) is 5.56 Å². The fourth-order valence-corrected chi connectivity index (χ4v) is 1.59. The topological polar surface area (TPSA) is 82.0 Å². The summed E-state index contributed by atoms with van der Waals surface area (Å²) in [6, 6.07) is 6.85. The van der Waals surface area contributed by atoms with E-state index in [1.54, 1.807) is 0 Å². The maximum atomic E-state index is 11.2. The fourth-order valence-electron chi connectivity index (χ4n) is 1.59. The Morgan fingerprint density at radius 1 is 1.35 bits per heavy atom. The van der Waals surface area contributed by atoms with Crippen LogP contribution in [0, 0.1) is 0 Å². The van der Waals surface area contributed by atoms with Crippen LogP contribution in [0.1, 0.15) is 5.56 Å². The number of amides is 1. The van der Waals surface area contributed by atoms with Crippen molar-refractivity contribution >= 4 is 6.09 Å². The zero-order valence-corrected chi connectivity index (χ0v) is 9.17. The molecule has 1 fully saturated rings. The monoisotopic (exact) mass is 238 g/mol. The second-order valence-electron chi connectivity index (χ2n) is 3.74. The van der Waals surface area contributed by atoms with Crippen molar-refractivity contribution in [2.45, 2.75) is 12.6 Å². The number of cyclic esters (lactones) is 1. The number of carbonyl (C=O) groups is 1. The molecule has 1 aromatic rings. The minimum atomic E-state index is -2.39. The first kappa shape index (κ1) is 11.8. The quantitative estimate of drug-likeness (QED) is 0.634. The van der Waals surface area contributed by atoms with Crippen molar-refractivity contribution < 1.29 is 19.7 Å². The van der Waals surface area contributed by atoms with Crippen LogP contribution in [0.3, 0.4) is 0 Å². The highest BCUT2D eigenvalue weighted by Crippen LogP contribution is 2.13. The molecule has 0 unspecified atom stereocenters. The molecule has 17 heavy (non-hydrogen) atoms. The van der Waals surface area contributed by atoms with Gasteiger partial charge in [0.15, 0.2) is 0 Å². The van der Waals surface area contributed by atoms with E-state index in [0.29, 0.717) is 0 Å². The molecule has 1 aliphatic rings. The number of hydrogen-bond donors (Lipinski definition) is 3. The smallest absolute Gasteiger partial charge is 0.415 e. The van der Waals surface area contributed by atoms with E-state index in [4.69, 9.17) is 0 Å².